The monoisotopic (exact) mass is 384 g/mol. The Balaban J connectivity index is 2.21. The van der Waals surface area contributed by atoms with Crippen LogP contribution in [-0.4, -0.2) is 116 Å². The van der Waals surface area contributed by atoms with Crippen molar-refractivity contribution in [2.75, 3.05) is 13.2 Å². The summed E-state index contributed by atoms with van der Waals surface area (Å²) in [4.78, 5) is 11.2. The van der Waals surface area contributed by atoms with Crippen molar-refractivity contribution in [3.05, 3.63) is 0 Å². The van der Waals surface area contributed by atoms with Crippen molar-refractivity contribution < 1.29 is 59.5 Å². The van der Waals surface area contributed by atoms with Gasteiger partial charge in [0.25, 0.3) is 0 Å². The van der Waals surface area contributed by atoms with E-state index in [1.807, 2.05) is 0 Å². The first-order valence-corrected chi connectivity index (χ1v) is 7.96. The molecule has 12 nitrogen and oxygen atoms in total. The second-order valence-electron chi connectivity index (χ2n) is 6.11. The standard InChI is InChI=1S/C14H24O12/c1-4(17)23-12-11(8(19)6(3-16)24-13(12)22)26-14-10(21)9(20)7(18)5(2-15)25-14/h5-16,18-22H,2-3H2,1H3/t5-,6-,7-,8-,9+,10+,11+,12+,13+,14-/m1/s1. The third kappa shape index (κ3) is 4.31. The van der Waals surface area contributed by atoms with Crippen LogP contribution in [0.15, 0.2) is 0 Å². The molecule has 0 bridgehead atoms. The number of carbonyl (C=O) groups excluding carboxylic acids is 1. The average molecular weight is 384 g/mol. The Morgan fingerprint density at radius 1 is 0.846 bits per heavy atom. The molecule has 0 saturated carbocycles. The molecule has 2 fully saturated rings. The number of esters is 1. The molecule has 2 aliphatic rings. The highest BCUT2D eigenvalue weighted by atomic mass is 16.7. The van der Waals surface area contributed by atoms with Crippen molar-refractivity contribution in [1.82, 2.24) is 0 Å². The molecule has 10 atom stereocenters. The molecule has 0 aliphatic carbocycles. The first-order chi connectivity index (χ1) is 12.2. The second-order valence-corrected chi connectivity index (χ2v) is 6.11. The van der Waals surface area contributed by atoms with Crippen LogP contribution in [0.25, 0.3) is 0 Å². The predicted octanol–water partition coefficient (Wildman–Crippen LogP) is -4.83. The molecule has 2 rings (SSSR count). The van der Waals surface area contributed by atoms with Gasteiger partial charge in [0.2, 0.25) is 0 Å². The molecule has 0 aromatic carbocycles. The highest BCUT2D eigenvalue weighted by Gasteiger charge is 2.51. The molecule has 7 N–H and O–H groups in total. The lowest BCUT2D eigenvalue weighted by atomic mass is 9.97. The first-order valence-electron chi connectivity index (χ1n) is 7.96. The van der Waals surface area contributed by atoms with Gasteiger partial charge in [0.1, 0.15) is 42.7 Å². The summed E-state index contributed by atoms with van der Waals surface area (Å²) >= 11 is 0. The molecule has 0 unspecified atom stereocenters. The number of rotatable bonds is 5. The van der Waals surface area contributed by atoms with E-state index in [4.69, 9.17) is 18.9 Å². The zero-order chi connectivity index (χ0) is 19.6. The van der Waals surface area contributed by atoms with Crippen LogP contribution >= 0.6 is 0 Å². The fourth-order valence-electron chi connectivity index (χ4n) is 2.87. The Morgan fingerprint density at radius 3 is 1.96 bits per heavy atom. The van der Waals surface area contributed by atoms with Crippen molar-refractivity contribution in [3.63, 3.8) is 0 Å². The molecule has 2 saturated heterocycles. The minimum absolute atomic E-state index is 0.695. The third-order valence-electron chi connectivity index (χ3n) is 4.26. The number of ether oxygens (including phenoxy) is 4. The summed E-state index contributed by atoms with van der Waals surface area (Å²) < 4.78 is 20.4. The van der Waals surface area contributed by atoms with E-state index in [1.54, 1.807) is 0 Å². The van der Waals surface area contributed by atoms with Crippen LogP contribution in [0.3, 0.4) is 0 Å². The van der Waals surface area contributed by atoms with Gasteiger partial charge in [-0.15, -0.1) is 0 Å². The Hall–Kier alpha value is -0.930. The van der Waals surface area contributed by atoms with E-state index in [0.29, 0.717) is 0 Å². The maximum atomic E-state index is 11.2. The Bertz CT molecular complexity index is 473. The second kappa shape index (κ2) is 8.84. The molecule has 152 valence electrons. The van der Waals surface area contributed by atoms with E-state index in [-0.39, 0.29) is 0 Å². The number of hydrogen-bond acceptors (Lipinski definition) is 12. The number of hydrogen-bond donors (Lipinski definition) is 7. The highest BCUT2D eigenvalue weighted by Crippen LogP contribution is 2.29. The molecular weight excluding hydrogens is 360 g/mol. The molecule has 0 radical (unpaired) electrons. The van der Waals surface area contributed by atoms with Crippen molar-refractivity contribution in [2.45, 2.75) is 68.3 Å². The number of aliphatic hydroxyl groups is 7. The molecule has 26 heavy (non-hydrogen) atoms. The predicted molar refractivity (Wildman–Crippen MR) is 78.2 cm³/mol. The molecule has 0 spiro atoms. The Kier molecular flexibility index (Phi) is 7.27. The molecular formula is C14H24O12. The molecule has 0 amide bonds. The van der Waals surface area contributed by atoms with Gasteiger partial charge in [-0.05, 0) is 0 Å². The minimum Gasteiger partial charge on any atom is -0.454 e. The van der Waals surface area contributed by atoms with Gasteiger partial charge in [-0.1, -0.05) is 0 Å². The van der Waals surface area contributed by atoms with E-state index in [9.17, 15) is 40.5 Å². The van der Waals surface area contributed by atoms with E-state index in [0.717, 1.165) is 6.92 Å². The third-order valence-corrected chi connectivity index (χ3v) is 4.26. The maximum absolute atomic E-state index is 11.2. The van der Waals surface area contributed by atoms with Crippen molar-refractivity contribution in [3.8, 4) is 0 Å². The van der Waals surface area contributed by atoms with E-state index in [2.05, 4.69) is 0 Å². The number of aliphatic hydroxyl groups excluding tert-OH is 7. The van der Waals surface area contributed by atoms with E-state index >= 15 is 0 Å². The van der Waals surface area contributed by atoms with Crippen LogP contribution < -0.4 is 0 Å². The molecule has 2 heterocycles. The maximum Gasteiger partial charge on any atom is 0.303 e. The molecule has 12 heteroatoms. The first kappa shape index (κ1) is 21.4. The van der Waals surface area contributed by atoms with Crippen LogP contribution in [0.5, 0.6) is 0 Å². The number of carbonyl (C=O) groups is 1. The molecule has 0 aromatic rings. The van der Waals surface area contributed by atoms with Crippen LogP contribution in [0.1, 0.15) is 6.92 Å². The van der Waals surface area contributed by atoms with Gasteiger partial charge in [0.05, 0.1) is 13.2 Å². The van der Waals surface area contributed by atoms with Gasteiger partial charge in [-0.2, -0.15) is 0 Å². The summed E-state index contributed by atoms with van der Waals surface area (Å²) in [6, 6.07) is 0. The van der Waals surface area contributed by atoms with E-state index < -0.39 is 80.6 Å². The smallest absolute Gasteiger partial charge is 0.303 e. The average Bonchev–Trinajstić information content (AvgIpc) is 2.60. The van der Waals surface area contributed by atoms with Crippen molar-refractivity contribution in [2.24, 2.45) is 0 Å². The molecule has 0 aromatic heterocycles. The van der Waals surface area contributed by atoms with Gasteiger partial charge in [0, 0.05) is 6.92 Å². The summed E-state index contributed by atoms with van der Waals surface area (Å²) in [7, 11) is 0. The quantitative estimate of drug-likeness (QED) is 0.224. The normalized spacial score (nSPS) is 46.8. The van der Waals surface area contributed by atoms with Crippen molar-refractivity contribution >= 4 is 5.97 Å². The lowest BCUT2D eigenvalue weighted by Gasteiger charge is -2.45. The SMILES string of the molecule is CC(=O)O[C@H]1[C@@H](O[C@H]2O[C@H](CO)[C@@H](O)[C@H](O)[C@@H]2O)[C@H](O)[C@@H](CO)O[C@@H]1O. The summed E-state index contributed by atoms with van der Waals surface area (Å²) in [5.41, 5.74) is 0. The largest absolute Gasteiger partial charge is 0.454 e. The van der Waals surface area contributed by atoms with Gasteiger partial charge in [-0.3, -0.25) is 4.79 Å². The summed E-state index contributed by atoms with van der Waals surface area (Å²) in [6.07, 6.45) is -15.7. The van der Waals surface area contributed by atoms with Crippen LogP contribution in [-0.2, 0) is 23.7 Å². The van der Waals surface area contributed by atoms with Gasteiger partial charge >= 0.3 is 5.97 Å². The Labute approximate surface area is 148 Å². The van der Waals surface area contributed by atoms with Crippen LogP contribution in [0.2, 0.25) is 0 Å². The summed E-state index contributed by atoms with van der Waals surface area (Å²) in [6.45, 7) is -0.349. The van der Waals surface area contributed by atoms with Crippen LogP contribution in [0, 0.1) is 0 Å². The van der Waals surface area contributed by atoms with Crippen molar-refractivity contribution in [1.29, 1.82) is 0 Å². The fraction of sp³-hybridized carbons (Fsp3) is 0.929. The lowest BCUT2D eigenvalue weighted by Crippen LogP contribution is -2.65. The zero-order valence-corrected chi connectivity index (χ0v) is 13.9. The van der Waals surface area contributed by atoms with Crippen LogP contribution in [0.4, 0.5) is 0 Å². The minimum atomic E-state index is -1.77. The lowest BCUT2D eigenvalue weighted by molar-refractivity contribution is -0.356. The fourth-order valence-corrected chi connectivity index (χ4v) is 2.87. The van der Waals surface area contributed by atoms with Gasteiger partial charge in [0.15, 0.2) is 18.7 Å². The topological polar surface area (TPSA) is 196 Å². The van der Waals surface area contributed by atoms with Gasteiger partial charge < -0.3 is 54.7 Å². The highest BCUT2D eigenvalue weighted by molar-refractivity contribution is 5.66. The van der Waals surface area contributed by atoms with Gasteiger partial charge in [-0.25, -0.2) is 0 Å². The molecule has 2 aliphatic heterocycles. The Morgan fingerprint density at radius 2 is 1.42 bits per heavy atom. The summed E-state index contributed by atoms with van der Waals surface area (Å²) in [5, 5.41) is 68.2. The summed E-state index contributed by atoms with van der Waals surface area (Å²) in [5.74, 6) is -0.824. The van der Waals surface area contributed by atoms with E-state index in [1.165, 1.54) is 0 Å². The zero-order valence-electron chi connectivity index (χ0n) is 13.9.